The van der Waals surface area contributed by atoms with Gasteiger partial charge in [0.15, 0.2) is 0 Å². The SMILES string of the molecule is c1ccc([Te]C2CCCCC2)cc1. The van der Waals surface area contributed by atoms with Crippen LogP contribution in [-0.2, 0) is 0 Å². The first-order valence-electron chi connectivity index (χ1n) is 5.17. The molecule has 0 saturated heterocycles. The molecular weight excluding hydrogens is 272 g/mol. The summed E-state index contributed by atoms with van der Waals surface area (Å²) in [6, 6.07) is 11.1. The van der Waals surface area contributed by atoms with Crippen molar-refractivity contribution in [1.82, 2.24) is 0 Å². The summed E-state index contributed by atoms with van der Waals surface area (Å²) >= 11 is 0.124. The summed E-state index contributed by atoms with van der Waals surface area (Å²) in [5.41, 5.74) is 0. The Bertz CT molecular complexity index is 237. The number of benzene rings is 1. The average molecular weight is 288 g/mol. The average Bonchev–Trinajstić information content (AvgIpc) is 2.21. The van der Waals surface area contributed by atoms with Gasteiger partial charge in [0.2, 0.25) is 0 Å². The van der Waals surface area contributed by atoms with Crippen molar-refractivity contribution in [3.05, 3.63) is 30.3 Å². The second-order valence-electron chi connectivity index (χ2n) is 3.69. The van der Waals surface area contributed by atoms with Gasteiger partial charge < -0.3 is 0 Å². The van der Waals surface area contributed by atoms with Crippen molar-refractivity contribution >= 4 is 24.5 Å². The number of hydrogen-bond donors (Lipinski definition) is 0. The van der Waals surface area contributed by atoms with Crippen molar-refractivity contribution in [3.63, 3.8) is 0 Å². The summed E-state index contributed by atoms with van der Waals surface area (Å²) in [4.78, 5) is 0. The van der Waals surface area contributed by atoms with E-state index in [1.807, 2.05) is 0 Å². The molecule has 1 fully saturated rings. The van der Waals surface area contributed by atoms with Gasteiger partial charge in [-0.05, 0) is 0 Å². The fraction of sp³-hybridized carbons (Fsp3) is 0.500. The van der Waals surface area contributed by atoms with Crippen LogP contribution in [0.25, 0.3) is 0 Å². The first kappa shape index (κ1) is 9.56. The van der Waals surface area contributed by atoms with E-state index in [2.05, 4.69) is 30.3 Å². The molecular formula is C12H16Te. The molecule has 0 N–H and O–H groups in total. The molecule has 0 atom stereocenters. The van der Waals surface area contributed by atoms with Gasteiger partial charge in [-0.3, -0.25) is 0 Å². The second kappa shape index (κ2) is 5.03. The number of hydrogen-bond acceptors (Lipinski definition) is 0. The zero-order valence-corrected chi connectivity index (χ0v) is 10.2. The molecule has 0 radical (unpaired) electrons. The zero-order valence-electron chi connectivity index (χ0n) is 7.91. The third kappa shape index (κ3) is 3.01. The molecule has 0 heterocycles. The fourth-order valence-corrected chi connectivity index (χ4v) is 5.49. The second-order valence-corrected chi connectivity index (χ2v) is 7.61. The maximum absolute atomic E-state index is 2.32. The van der Waals surface area contributed by atoms with Gasteiger partial charge in [0.05, 0.1) is 0 Å². The molecule has 0 aliphatic heterocycles. The summed E-state index contributed by atoms with van der Waals surface area (Å²) in [7, 11) is 0. The van der Waals surface area contributed by atoms with E-state index >= 15 is 0 Å². The van der Waals surface area contributed by atoms with Gasteiger partial charge in [-0.15, -0.1) is 0 Å². The fourth-order valence-electron chi connectivity index (χ4n) is 1.87. The molecule has 1 heteroatoms. The van der Waals surface area contributed by atoms with E-state index in [0.29, 0.717) is 0 Å². The molecule has 13 heavy (non-hydrogen) atoms. The molecule has 0 bridgehead atoms. The molecule has 1 aliphatic carbocycles. The van der Waals surface area contributed by atoms with Crippen LogP contribution in [0, 0.1) is 0 Å². The Kier molecular flexibility index (Phi) is 3.70. The summed E-state index contributed by atoms with van der Waals surface area (Å²) < 4.78 is 2.75. The first-order valence-corrected chi connectivity index (χ1v) is 7.68. The normalized spacial score (nSPS) is 18.8. The molecule has 0 unspecified atom stereocenters. The molecule has 1 aromatic rings. The molecule has 0 aromatic heterocycles. The van der Waals surface area contributed by atoms with E-state index in [-0.39, 0.29) is 20.9 Å². The Morgan fingerprint density at radius 2 is 1.62 bits per heavy atom. The summed E-state index contributed by atoms with van der Waals surface area (Å²) in [6.07, 6.45) is 7.48. The third-order valence-electron chi connectivity index (χ3n) is 2.60. The van der Waals surface area contributed by atoms with Gasteiger partial charge >= 0.3 is 90.9 Å². The summed E-state index contributed by atoms with van der Waals surface area (Å²) in [6.45, 7) is 0. The van der Waals surface area contributed by atoms with Gasteiger partial charge in [0.25, 0.3) is 0 Å². The third-order valence-corrected chi connectivity index (χ3v) is 6.45. The molecule has 0 amide bonds. The molecule has 0 nitrogen and oxygen atoms in total. The van der Waals surface area contributed by atoms with E-state index in [9.17, 15) is 0 Å². The van der Waals surface area contributed by atoms with Crippen LogP contribution in [0.4, 0.5) is 0 Å². The van der Waals surface area contributed by atoms with E-state index in [1.165, 1.54) is 32.1 Å². The van der Waals surface area contributed by atoms with Crippen LogP contribution in [0.3, 0.4) is 0 Å². The molecule has 1 saturated carbocycles. The van der Waals surface area contributed by atoms with Crippen molar-refractivity contribution in [2.45, 2.75) is 36.1 Å². The van der Waals surface area contributed by atoms with Crippen molar-refractivity contribution in [1.29, 1.82) is 0 Å². The molecule has 0 spiro atoms. The van der Waals surface area contributed by atoms with Crippen LogP contribution >= 0.6 is 0 Å². The topological polar surface area (TPSA) is 0 Å². The molecule has 1 aromatic carbocycles. The van der Waals surface area contributed by atoms with E-state index < -0.39 is 0 Å². The first-order chi connectivity index (χ1) is 6.45. The van der Waals surface area contributed by atoms with Crippen LogP contribution in [0.5, 0.6) is 0 Å². The number of rotatable bonds is 2. The van der Waals surface area contributed by atoms with Crippen LogP contribution < -0.4 is 3.61 Å². The Labute approximate surface area is 90.8 Å². The minimum atomic E-state index is 0.124. The molecule has 70 valence electrons. The van der Waals surface area contributed by atoms with E-state index in [4.69, 9.17) is 0 Å². The predicted molar refractivity (Wildman–Crippen MR) is 58.7 cm³/mol. The van der Waals surface area contributed by atoms with E-state index in [1.54, 1.807) is 3.61 Å². The molecule has 1 aliphatic rings. The Balaban J connectivity index is 1.90. The van der Waals surface area contributed by atoms with Gasteiger partial charge in [0.1, 0.15) is 0 Å². The zero-order chi connectivity index (χ0) is 8.93. The van der Waals surface area contributed by atoms with Crippen LogP contribution in [0.1, 0.15) is 32.1 Å². The maximum atomic E-state index is 2.32. The molecule has 2 rings (SSSR count). The Morgan fingerprint density at radius 3 is 2.31 bits per heavy atom. The van der Waals surface area contributed by atoms with Crippen LogP contribution in [-0.4, -0.2) is 20.9 Å². The van der Waals surface area contributed by atoms with Crippen molar-refractivity contribution in [2.75, 3.05) is 0 Å². The van der Waals surface area contributed by atoms with Gasteiger partial charge in [0, 0.05) is 0 Å². The van der Waals surface area contributed by atoms with Crippen LogP contribution in [0.15, 0.2) is 30.3 Å². The van der Waals surface area contributed by atoms with Crippen LogP contribution in [0.2, 0.25) is 3.97 Å². The summed E-state index contributed by atoms with van der Waals surface area (Å²) in [5, 5.41) is 0. The minimum absolute atomic E-state index is 0.124. The van der Waals surface area contributed by atoms with Gasteiger partial charge in [-0.2, -0.15) is 0 Å². The van der Waals surface area contributed by atoms with Crippen molar-refractivity contribution in [2.24, 2.45) is 0 Å². The van der Waals surface area contributed by atoms with Gasteiger partial charge in [-0.25, -0.2) is 0 Å². The van der Waals surface area contributed by atoms with Crippen molar-refractivity contribution < 1.29 is 0 Å². The predicted octanol–water partition coefficient (Wildman–Crippen LogP) is 2.77. The van der Waals surface area contributed by atoms with Gasteiger partial charge in [-0.1, -0.05) is 0 Å². The monoisotopic (exact) mass is 290 g/mol. The quantitative estimate of drug-likeness (QED) is 0.734. The Hall–Kier alpha value is 0.00961. The summed E-state index contributed by atoms with van der Waals surface area (Å²) in [5.74, 6) is 0. The van der Waals surface area contributed by atoms with E-state index in [0.717, 1.165) is 3.97 Å². The Morgan fingerprint density at radius 1 is 0.923 bits per heavy atom. The van der Waals surface area contributed by atoms with Crippen molar-refractivity contribution in [3.8, 4) is 0 Å². The standard InChI is InChI=1S/C12H16Te/c1-3-7-11(8-4-1)13-12-9-5-2-6-10-12/h1,3-4,7-8,12H,2,5-6,9-10H2.